The summed E-state index contributed by atoms with van der Waals surface area (Å²) >= 11 is 2.32. The predicted octanol–water partition coefficient (Wildman–Crippen LogP) is 4.45. The molecular formula is C16H23IO3S. The van der Waals surface area contributed by atoms with Gasteiger partial charge < -0.3 is 0 Å². The summed E-state index contributed by atoms with van der Waals surface area (Å²) in [5.74, 6) is -0.105. The van der Waals surface area contributed by atoms with Crippen LogP contribution in [0.3, 0.4) is 0 Å². The van der Waals surface area contributed by atoms with Crippen LogP contribution in [0.2, 0.25) is 0 Å². The van der Waals surface area contributed by atoms with Crippen molar-refractivity contribution in [2.45, 2.75) is 51.4 Å². The van der Waals surface area contributed by atoms with E-state index in [1.165, 1.54) is 34.8 Å². The topological polar surface area (TPSA) is 54.4 Å². The Morgan fingerprint density at radius 2 is 1.71 bits per heavy atom. The van der Waals surface area contributed by atoms with E-state index in [0.29, 0.717) is 11.8 Å². The van der Waals surface area contributed by atoms with Crippen LogP contribution in [0.4, 0.5) is 0 Å². The van der Waals surface area contributed by atoms with Crippen molar-refractivity contribution in [3.63, 3.8) is 0 Å². The van der Waals surface area contributed by atoms with E-state index >= 15 is 0 Å². The molecule has 1 N–H and O–H groups in total. The third-order valence-corrected chi connectivity index (χ3v) is 6.04. The summed E-state index contributed by atoms with van der Waals surface area (Å²) < 4.78 is 31.6. The Morgan fingerprint density at radius 1 is 1.10 bits per heavy atom. The first-order chi connectivity index (χ1) is 9.89. The molecular weight excluding hydrogens is 399 g/mol. The van der Waals surface area contributed by atoms with Crippen molar-refractivity contribution < 1.29 is 13.0 Å². The Bertz CT molecular complexity index is 545. The Morgan fingerprint density at radius 3 is 2.29 bits per heavy atom. The summed E-state index contributed by atoms with van der Waals surface area (Å²) in [4.78, 5) is 0. The molecule has 0 radical (unpaired) electrons. The molecule has 1 aliphatic rings. The number of unbranched alkanes of at least 4 members (excludes halogenated alkanes) is 1. The Balaban J connectivity index is 1.92. The molecule has 2 rings (SSSR count). The molecule has 1 fully saturated rings. The average molecular weight is 422 g/mol. The van der Waals surface area contributed by atoms with Gasteiger partial charge in [-0.1, -0.05) is 31.4 Å². The van der Waals surface area contributed by atoms with Crippen molar-refractivity contribution in [1.82, 2.24) is 0 Å². The summed E-state index contributed by atoms with van der Waals surface area (Å²) in [5, 5.41) is 0. The van der Waals surface area contributed by atoms with Gasteiger partial charge in [0.25, 0.3) is 10.1 Å². The molecule has 5 heteroatoms. The fraction of sp³-hybridized carbons (Fsp3) is 0.625. The van der Waals surface area contributed by atoms with Gasteiger partial charge in [-0.05, 0) is 77.8 Å². The van der Waals surface area contributed by atoms with Crippen molar-refractivity contribution in [2.75, 3.05) is 5.75 Å². The highest BCUT2D eigenvalue weighted by atomic mass is 127. The van der Waals surface area contributed by atoms with E-state index in [2.05, 4.69) is 46.9 Å². The largest absolute Gasteiger partial charge is 0.286 e. The molecule has 21 heavy (non-hydrogen) atoms. The van der Waals surface area contributed by atoms with Crippen molar-refractivity contribution in [3.05, 3.63) is 33.4 Å². The standard InChI is InChI=1S/C16H23IO3S/c17-15-7-5-14(6-8-15)13-16(9-1-2-10-16)11-3-4-12-21(18,19)20/h5-8H,1-4,9-13H2,(H,18,19,20). The predicted molar refractivity (Wildman–Crippen MR) is 94.0 cm³/mol. The number of hydrogen-bond acceptors (Lipinski definition) is 2. The molecule has 118 valence electrons. The van der Waals surface area contributed by atoms with E-state index in [4.69, 9.17) is 4.55 Å². The molecule has 0 aliphatic heterocycles. The maximum atomic E-state index is 10.8. The molecule has 0 bridgehead atoms. The normalized spacial score (nSPS) is 18.0. The SMILES string of the molecule is O=S(=O)(O)CCCCC1(Cc2ccc(I)cc2)CCCC1. The van der Waals surface area contributed by atoms with Gasteiger partial charge >= 0.3 is 0 Å². The minimum absolute atomic E-state index is 0.105. The van der Waals surface area contributed by atoms with Crippen LogP contribution >= 0.6 is 22.6 Å². The van der Waals surface area contributed by atoms with E-state index < -0.39 is 10.1 Å². The van der Waals surface area contributed by atoms with Gasteiger partial charge in [0.1, 0.15) is 0 Å². The van der Waals surface area contributed by atoms with Crippen LogP contribution in [0.5, 0.6) is 0 Å². The Labute approximate surface area is 141 Å². The molecule has 0 atom stereocenters. The second kappa shape index (κ2) is 7.42. The summed E-state index contributed by atoms with van der Waals surface area (Å²) in [5.41, 5.74) is 1.72. The first-order valence-corrected chi connectivity index (χ1v) is 10.3. The molecule has 0 amide bonds. The van der Waals surface area contributed by atoms with E-state index in [0.717, 1.165) is 19.3 Å². The van der Waals surface area contributed by atoms with Gasteiger partial charge in [-0.2, -0.15) is 8.42 Å². The average Bonchev–Trinajstić information content (AvgIpc) is 2.86. The van der Waals surface area contributed by atoms with Crippen LogP contribution in [0.1, 0.15) is 50.5 Å². The lowest BCUT2D eigenvalue weighted by atomic mass is 9.76. The first kappa shape index (κ1) is 17.2. The molecule has 0 heterocycles. The Hall–Kier alpha value is -0.140. The second-order valence-corrected chi connectivity index (χ2v) is 9.07. The quantitative estimate of drug-likeness (QED) is 0.401. The summed E-state index contributed by atoms with van der Waals surface area (Å²) in [6, 6.07) is 8.72. The van der Waals surface area contributed by atoms with Gasteiger partial charge in [0.2, 0.25) is 0 Å². The highest BCUT2D eigenvalue weighted by Gasteiger charge is 2.33. The van der Waals surface area contributed by atoms with Gasteiger partial charge in [0.15, 0.2) is 0 Å². The van der Waals surface area contributed by atoms with E-state index in [1.54, 1.807) is 0 Å². The third-order valence-electron chi connectivity index (χ3n) is 4.52. The van der Waals surface area contributed by atoms with Crippen LogP contribution in [-0.4, -0.2) is 18.7 Å². The minimum Gasteiger partial charge on any atom is -0.286 e. The van der Waals surface area contributed by atoms with E-state index in [1.807, 2.05) is 0 Å². The van der Waals surface area contributed by atoms with E-state index in [9.17, 15) is 8.42 Å². The lowest BCUT2D eigenvalue weighted by molar-refractivity contribution is 0.260. The molecule has 1 aliphatic carbocycles. The third kappa shape index (κ3) is 5.87. The molecule has 3 nitrogen and oxygen atoms in total. The molecule has 0 saturated heterocycles. The van der Waals surface area contributed by atoms with Gasteiger partial charge in [-0.25, -0.2) is 0 Å². The van der Waals surface area contributed by atoms with Crippen LogP contribution in [0, 0.1) is 8.99 Å². The van der Waals surface area contributed by atoms with Crippen LogP contribution in [-0.2, 0) is 16.5 Å². The molecule has 0 unspecified atom stereocenters. The second-order valence-electron chi connectivity index (χ2n) is 6.25. The van der Waals surface area contributed by atoms with Crippen LogP contribution in [0.25, 0.3) is 0 Å². The van der Waals surface area contributed by atoms with Crippen molar-refractivity contribution in [2.24, 2.45) is 5.41 Å². The molecule has 1 saturated carbocycles. The zero-order chi connectivity index (χ0) is 15.3. The number of hydrogen-bond donors (Lipinski definition) is 1. The van der Waals surface area contributed by atoms with Gasteiger partial charge in [-0.15, -0.1) is 0 Å². The zero-order valence-corrected chi connectivity index (χ0v) is 15.2. The maximum Gasteiger partial charge on any atom is 0.264 e. The van der Waals surface area contributed by atoms with Crippen molar-refractivity contribution in [1.29, 1.82) is 0 Å². The number of halogens is 1. The smallest absolute Gasteiger partial charge is 0.264 e. The highest BCUT2D eigenvalue weighted by molar-refractivity contribution is 14.1. The van der Waals surface area contributed by atoms with Crippen LogP contribution in [0.15, 0.2) is 24.3 Å². The lowest BCUT2D eigenvalue weighted by Gasteiger charge is -2.29. The van der Waals surface area contributed by atoms with Gasteiger partial charge in [-0.3, -0.25) is 4.55 Å². The zero-order valence-electron chi connectivity index (χ0n) is 12.2. The fourth-order valence-corrected chi connectivity index (χ4v) is 4.39. The number of benzene rings is 1. The molecule has 1 aromatic carbocycles. The van der Waals surface area contributed by atoms with Crippen molar-refractivity contribution >= 4 is 32.7 Å². The minimum atomic E-state index is -3.80. The highest BCUT2D eigenvalue weighted by Crippen LogP contribution is 2.45. The maximum absolute atomic E-state index is 10.8. The lowest BCUT2D eigenvalue weighted by Crippen LogP contribution is -2.20. The molecule has 0 spiro atoms. The summed E-state index contributed by atoms with van der Waals surface area (Å²) in [6.45, 7) is 0. The van der Waals surface area contributed by atoms with E-state index in [-0.39, 0.29) is 5.75 Å². The molecule has 1 aromatic rings. The van der Waals surface area contributed by atoms with Crippen LogP contribution < -0.4 is 0 Å². The van der Waals surface area contributed by atoms with Gasteiger partial charge in [0.05, 0.1) is 5.75 Å². The van der Waals surface area contributed by atoms with Gasteiger partial charge in [0, 0.05) is 3.57 Å². The monoisotopic (exact) mass is 422 g/mol. The number of rotatable bonds is 7. The summed E-state index contributed by atoms with van der Waals surface area (Å²) in [6.07, 6.45) is 8.64. The Kier molecular flexibility index (Phi) is 6.08. The first-order valence-electron chi connectivity index (χ1n) is 7.58. The van der Waals surface area contributed by atoms with Crippen molar-refractivity contribution in [3.8, 4) is 0 Å². The molecule has 0 aromatic heterocycles. The fourth-order valence-electron chi connectivity index (χ4n) is 3.46. The summed E-state index contributed by atoms with van der Waals surface area (Å²) in [7, 11) is -3.80.